The number of aromatic nitrogens is 3. The second-order valence-electron chi connectivity index (χ2n) is 3.89. The normalized spacial score (nSPS) is 10.5. The molecule has 3 N–H and O–H groups in total. The topological polar surface area (TPSA) is 97.8 Å². The van der Waals surface area contributed by atoms with Gasteiger partial charge in [0.1, 0.15) is 5.69 Å². The molecule has 0 unspecified atom stereocenters. The van der Waals surface area contributed by atoms with Crippen molar-refractivity contribution in [3.8, 4) is 22.6 Å². The van der Waals surface area contributed by atoms with Crippen LogP contribution in [0.3, 0.4) is 0 Å². The molecule has 0 aliphatic heterocycles. The fraction of sp³-hybridized carbons (Fsp3) is 0. The van der Waals surface area contributed by atoms with Crippen LogP contribution in [0, 0.1) is 0 Å². The molecule has 0 radical (unpaired) electrons. The van der Waals surface area contributed by atoms with Crippen LogP contribution in [0.15, 0.2) is 52.1 Å². The molecule has 0 fully saturated rings. The lowest BCUT2D eigenvalue weighted by Gasteiger charge is -2.06. The van der Waals surface area contributed by atoms with E-state index in [-0.39, 0.29) is 11.5 Å². The van der Waals surface area contributed by atoms with Crippen LogP contribution < -0.4 is 11.3 Å². The zero-order chi connectivity index (χ0) is 13.2. The van der Waals surface area contributed by atoms with Crippen LogP contribution >= 0.6 is 0 Å². The van der Waals surface area contributed by atoms with Gasteiger partial charge in [-0.05, 0) is 29.8 Å². The van der Waals surface area contributed by atoms with Gasteiger partial charge in [0.15, 0.2) is 5.76 Å². The average molecular weight is 254 g/mol. The van der Waals surface area contributed by atoms with E-state index in [4.69, 9.17) is 10.2 Å². The molecule has 3 aromatic rings. The summed E-state index contributed by atoms with van der Waals surface area (Å²) in [6, 6.07) is 6.92. The maximum atomic E-state index is 12.1. The fourth-order valence-electron chi connectivity index (χ4n) is 1.87. The molecule has 6 heteroatoms. The van der Waals surface area contributed by atoms with Gasteiger partial charge in [-0.25, -0.2) is 4.98 Å². The van der Waals surface area contributed by atoms with E-state index in [0.29, 0.717) is 22.6 Å². The van der Waals surface area contributed by atoms with Gasteiger partial charge in [0.25, 0.3) is 5.56 Å². The number of pyridine rings is 1. The number of nitrogens with zero attached hydrogens (tertiary/aromatic N) is 2. The summed E-state index contributed by atoms with van der Waals surface area (Å²) >= 11 is 0. The van der Waals surface area contributed by atoms with Crippen molar-refractivity contribution >= 4 is 5.95 Å². The van der Waals surface area contributed by atoms with Gasteiger partial charge in [-0.2, -0.15) is 0 Å². The number of furan rings is 1. The molecule has 0 aliphatic rings. The maximum absolute atomic E-state index is 12.1. The number of hydrogen-bond acceptors (Lipinski definition) is 5. The zero-order valence-corrected chi connectivity index (χ0v) is 9.83. The van der Waals surface area contributed by atoms with E-state index in [1.54, 1.807) is 36.7 Å². The lowest BCUT2D eigenvalue weighted by Crippen LogP contribution is -2.15. The Bertz CT molecular complexity index is 748. The molecule has 3 rings (SSSR count). The van der Waals surface area contributed by atoms with Crippen molar-refractivity contribution in [1.29, 1.82) is 0 Å². The highest BCUT2D eigenvalue weighted by atomic mass is 16.3. The number of nitrogen functional groups attached to an aromatic ring is 1. The first-order chi connectivity index (χ1) is 9.25. The molecule has 0 spiro atoms. The number of aromatic amines is 1. The summed E-state index contributed by atoms with van der Waals surface area (Å²) in [6.45, 7) is 0. The third kappa shape index (κ3) is 1.99. The predicted molar refractivity (Wildman–Crippen MR) is 70.2 cm³/mol. The van der Waals surface area contributed by atoms with Gasteiger partial charge < -0.3 is 10.2 Å². The van der Waals surface area contributed by atoms with E-state index in [1.807, 2.05) is 0 Å². The van der Waals surface area contributed by atoms with Crippen molar-refractivity contribution in [2.75, 3.05) is 5.73 Å². The largest absolute Gasteiger partial charge is 0.463 e. The van der Waals surface area contributed by atoms with Crippen LogP contribution in [0.1, 0.15) is 0 Å². The monoisotopic (exact) mass is 254 g/mol. The highest BCUT2D eigenvalue weighted by Gasteiger charge is 2.16. The van der Waals surface area contributed by atoms with E-state index >= 15 is 0 Å². The van der Waals surface area contributed by atoms with E-state index < -0.39 is 0 Å². The molecular formula is C13H10N4O2. The Morgan fingerprint density at radius 1 is 1.21 bits per heavy atom. The highest BCUT2D eigenvalue weighted by molar-refractivity contribution is 5.78. The molecule has 6 nitrogen and oxygen atoms in total. The van der Waals surface area contributed by atoms with Crippen molar-refractivity contribution in [2.24, 2.45) is 0 Å². The SMILES string of the molecule is Nc1nc(-c2ccco2)c(-c2ccncc2)c(=O)[nH]1. The minimum atomic E-state index is -0.315. The summed E-state index contributed by atoms with van der Waals surface area (Å²) in [5.74, 6) is 0.541. The summed E-state index contributed by atoms with van der Waals surface area (Å²) in [6.07, 6.45) is 4.73. The van der Waals surface area contributed by atoms with E-state index in [2.05, 4.69) is 15.0 Å². The van der Waals surface area contributed by atoms with E-state index in [9.17, 15) is 4.79 Å². The Labute approximate surface area is 108 Å². The first kappa shape index (κ1) is 11.2. The van der Waals surface area contributed by atoms with E-state index in [0.717, 1.165) is 0 Å². The number of nitrogens with one attached hydrogen (secondary N) is 1. The standard InChI is InChI=1S/C13H10N4O2/c14-13-16-11(9-2-1-7-19-9)10(12(18)17-13)8-3-5-15-6-4-8/h1-7H,(H3,14,16,17,18). The quantitative estimate of drug-likeness (QED) is 0.725. The number of anilines is 1. The summed E-state index contributed by atoms with van der Waals surface area (Å²) < 4.78 is 5.31. The number of hydrogen-bond donors (Lipinski definition) is 2. The van der Waals surface area contributed by atoms with Gasteiger partial charge in [0, 0.05) is 12.4 Å². The summed E-state index contributed by atoms with van der Waals surface area (Å²) in [5, 5.41) is 0. The summed E-state index contributed by atoms with van der Waals surface area (Å²) in [5.41, 5.74) is 6.80. The molecule has 94 valence electrons. The lowest BCUT2D eigenvalue weighted by atomic mass is 10.1. The second-order valence-corrected chi connectivity index (χ2v) is 3.89. The van der Waals surface area contributed by atoms with E-state index in [1.165, 1.54) is 6.26 Å². The van der Waals surface area contributed by atoms with Gasteiger partial charge in [-0.1, -0.05) is 0 Å². The Hall–Kier alpha value is -2.89. The predicted octanol–water partition coefficient (Wildman–Crippen LogP) is 1.67. The molecule has 0 aromatic carbocycles. The zero-order valence-electron chi connectivity index (χ0n) is 9.83. The summed E-state index contributed by atoms with van der Waals surface area (Å²) in [7, 11) is 0. The molecule has 0 amide bonds. The first-order valence-corrected chi connectivity index (χ1v) is 5.60. The Morgan fingerprint density at radius 3 is 2.68 bits per heavy atom. The molecular weight excluding hydrogens is 244 g/mol. The van der Waals surface area contributed by atoms with Crippen molar-refractivity contribution in [3.05, 3.63) is 53.3 Å². The van der Waals surface area contributed by atoms with Crippen LogP contribution in [0.2, 0.25) is 0 Å². The second kappa shape index (κ2) is 4.41. The van der Waals surface area contributed by atoms with Crippen molar-refractivity contribution in [1.82, 2.24) is 15.0 Å². The average Bonchev–Trinajstić information content (AvgIpc) is 2.92. The first-order valence-electron chi connectivity index (χ1n) is 5.60. The van der Waals surface area contributed by atoms with Crippen LogP contribution in [0.5, 0.6) is 0 Å². The van der Waals surface area contributed by atoms with Crippen LogP contribution in [-0.2, 0) is 0 Å². The lowest BCUT2D eigenvalue weighted by molar-refractivity contribution is 0.580. The van der Waals surface area contributed by atoms with Crippen LogP contribution in [-0.4, -0.2) is 15.0 Å². The van der Waals surface area contributed by atoms with Crippen LogP contribution in [0.4, 0.5) is 5.95 Å². The third-order valence-corrected chi connectivity index (χ3v) is 2.66. The number of rotatable bonds is 2. The van der Waals surface area contributed by atoms with Crippen molar-refractivity contribution in [2.45, 2.75) is 0 Å². The van der Waals surface area contributed by atoms with Crippen molar-refractivity contribution < 1.29 is 4.42 Å². The fourth-order valence-corrected chi connectivity index (χ4v) is 1.87. The molecule has 19 heavy (non-hydrogen) atoms. The Kier molecular flexibility index (Phi) is 2.60. The van der Waals surface area contributed by atoms with Gasteiger partial charge in [0.2, 0.25) is 5.95 Å². The molecule has 0 saturated heterocycles. The molecule has 3 aromatic heterocycles. The molecule has 0 atom stereocenters. The minimum Gasteiger partial charge on any atom is -0.463 e. The van der Waals surface area contributed by atoms with Gasteiger partial charge in [-0.15, -0.1) is 0 Å². The molecule has 3 heterocycles. The number of H-pyrrole nitrogens is 1. The van der Waals surface area contributed by atoms with Crippen LogP contribution in [0.25, 0.3) is 22.6 Å². The minimum absolute atomic E-state index is 0.0502. The van der Waals surface area contributed by atoms with Gasteiger partial charge in [0.05, 0.1) is 11.8 Å². The Morgan fingerprint density at radius 2 is 2.00 bits per heavy atom. The summed E-state index contributed by atoms with van der Waals surface area (Å²) in [4.78, 5) is 22.7. The number of nitrogens with two attached hydrogens (primary N) is 1. The molecule has 0 bridgehead atoms. The van der Waals surface area contributed by atoms with Gasteiger partial charge >= 0.3 is 0 Å². The molecule has 0 aliphatic carbocycles. The highest BCUT2D eigenvalue weighted by Crippen LogP contribution is 2.27. The van der Waals surface area contributed by atoms with Crippen molar-refractivity contribution in [3.63, 3.8) is 0 Å². The molecule has 0 saturated carbocycles. The smallest absolute Gasteiger partial charge is 0.260 e. The van der Waals surface area contributed by atoms with Gasteiger partial charge in [-0.3, -0.25) is 14.8 Å². The Balaban J connectivity index is 2.32. The maximum Gasteiger partial charge on any atom is 0.260 e. The third-order valence-electron chi connectivity index (χ3n) is 2.66.